The number of carboxylic acid groups (broad SMARTS) is 3. The van der Waals surface area contributed by atoms with Gasteiger partial charge in [0.05, 0.1) is 54.6 Å². The van der Waals surface area contributed by atoms with Gasteiger partial charge in [0.15, 0.2) is 17.3 Å². The molecule has 26 nitrogen and oxygen atoms in total. The Labute approximate surface area is 827 Å². The third-order valence-corrected chi connectivity index (χ3v) is 25.4. The Morgan fingerprint density at radius 3 is 0.829 bits per heavy atom. The summed E-state index contributed by atoms with van der Waals surface area (Å²) in [6.45, 7) is 20.4. The first kappa shape index (κ1) is 114. The number of allylic oxidation sites excluding steroid dienone is 4. The summed E-state index contributed by atoms with van der Waals surface area (Å²) in [5.74, 6) is -7.68. The van der Waals surface area contributed by atoms with Crippen LogP contribution < -0.4 is 11.5 Å². The van der Waals surface area contributed by atoms with Crippen LogP contribution in [-0.2, 0) is 76.5 Å². The summed E-state index contributed by atoms with van der Waals surface area (Å²) in [5.41, 5.74) is 29.6. The predicted molar refractivity (Wildman–Crippen MR) is 541 cm³/mol. The second kappa shape index (κ2) is 55.3. The van der Waals surface area contributed by atoms with Gasteiger partial charge in [-0.05, 0) is 171 Å². The van der Waals surface area contributed by atoms with Crippen LogP contribution >= 0.6 is 12.4 Å². The molecule has 0 bridgehead atoms. The highest BCUT2D eigenvalue weighted by molar-refractivity contribution is 6.22. The van der Waals surface area contributed by atoms with Crippen molar-refractivity contribution < 1.29 is 112 Å². The van der Waals surface area contributed by atoms with Gasteiger partial charge in [0, 0.05) is 81.6 Å². The number of aliphatic imine (C=N–C) groups is 1. The molecule has 1 fully saturated rings. The number of benzene rings is 8. The first-order valence-corrected chi connectivity index (χ1v) is 47.9. The molecular formula is C113H138ClN3O23. The van der Waals surface area contributed by atoms with Gasteiger partial charge in [0.1, 0.15) is 56.1 Å². The fourth-order valence-electron chi connectivity index (χ4n) is 19.0. The van der Waals surface area contributed by atoms with Gasteiger partial charge in [-0.1, -0.05) is 269 Å². The maximum Gasteiger partial charge on any atom is 0.331 e. The molecule has 7 aliphatic rings. The number of Topliss-reactive ketones (excluding diaryl/α,β-unsaturated/α-hetero) is 5. The van der Waals surface area contributed by atoms with E-state index in [1.165, 1.54) is 51.4 Å². The van der Waals surface area contributed by atoms with Crippen molar-refractivity contribution in [2.45, 2.75) is 215 Å². The van der Waals surface area contributed by atoms with Gasteiger partial charge in [0.2, 0.25) is 0 Å². The van der Waals surface area contributed by atoms with Crippen molar-refractivity contribution in [1.29, 1.82) is 0 Å². The number of esters is 4. The maximum atomic E-state index is 12.6. The third-order valence-electron chi connectivity index (χ3n) is 25.4. The number of halogens is 1. The fourth-order valence-corrected chi connectivity index (χ4v) is 19.0. The summed E-state index contributed by atoms with van der Waals surface area (Å²) in [7, 11) is 1.00. The lowest BCUT2D eigenvalue weighted by Crippen LogP contribution is -2.28. The number of carbonyl (C=O) groups excluding carboxylic acids is 9. The van der Waals surface area contributed by atoms with Crippen molar-refractivity contribution in [3.63, 3.8) is 0 Å². The molecule has 3 atom stereocenters. The highest BCUT2D eigenvalue weighted by Crippen LogP contribution is 2.50. The van der Waals surface area contributed by atoms with Crippen molar-refractivity contribution >= 4 is 88.8 Å². The normalized spacial score (nSPS) is 15.8. The lowest BCUT2D eigenvalue weighted by Gasteiger charge is -2.29. The molecule has 0 saturated heterocycles. The number of rotatable bonds is 33. The van der Waals surface area contributed by atoms with Gasteiger partial charge >= 0.3 is 41.8 Å². The third kappa shape index (κ3) is 32.2. The minimum Gasteiger partial charge on any atom is -0.511 e. The van der Waals surface area contributed by atoms with E-state index in [1.54, 1.807) is 6.92 Å². The van der Waals surface area contributed by atoms with E-state index in [0.717, 1.165) is 64.5 Å². The van der Waals surface area contributed by atoms with E-state index in [0.29, 0.717) is 114 Å². The number of carboxylic acids is 3. The number of aliphatic hydroxyl groups excluding tert-OH is 4. The molecule has 7 aliphatic carbocycles. The molecule has 15 rings (SSSR count). The zero-order valence-electron chi connectivity index (χ0n) is 82.3. The van der Waals surface area contributed by atoms with Gasteiger partial charge < -0.3 is 66.2 Å². The number of fused-ring (bicyclic) bond motifs is 12. The number of nitrogens with two attached hydrogens (primary N) is 2. The Bertz CT molecular complexity index is 5410. The number of nitrogens with zero attached hydrogens (tertiary/aromatic N) is 1. The largest absolute Gasteiger partial charge is 0.511 e. The number of aliphatic carboxylic acids is 3. The molecule has 0 amide bonds. The first-order valence-electron chi connectivity index (χ1n) is 47.9. The van der Waals surface area contributed by atoms with Crippen molar-refractivity contribution in [2.75, 3.05) is 59.8 Å². The number of ether oxygens (including phenoxy) is 4. The molecule has 8 aromatic rings. The van der Waals surface area contributed by atoms with Crippen LogP contribution in [0.15, 0.2) is 222 Å². The topological polar surface area (TPSA) is 448 Å². The standard InChI is InChI=1S/C32H37NO6.2C22H25NO4.C16H14O3.C10H14O3.C8H12O2.C2H6.CH4O.ClH/c1-20(30-27(34)17-32(2,3)18-28(30)35)33-15-9-8-10-21(31(37)38)16-29(36)39-19-26-24-13-6-4-11-22(24)23-12-5-7-14-25(23)26;2*23-12-6-5-7-15(22(25)26)13-21(24)27-14-20-18-10-3-1-8-16(18)17-9-2-4-11-19(17)20;17-9-16(18)19-10-15-13-7-3-1-5-11(13)12-6-2-4-8-14(12)15;1-6(11)9-7(12)4-10(2,3)5-8(9)13;1-8(2)4-6(9)3-7(10)5-8;2*1-2;/h4-7,11-14,21,26,34H,8-10,15-19H2,1-3H3,(H,37,38);2*1-4,8-11,15,20H,5-7,12-14,23H2,(H,25,26);1-8,15,17H,9-10H2;12H,4-5H2,1-3H3;3-5H2,1-2H3;1-2H3;2H,1H3;1H/t21-;2*15-;;;;;;/m111....../s1. The lowest BCUT2D eigenvalue weighted by atomic mass is 9.76. The van der Waals surface area contributed by atoms with Crippen LogP contribution in [0.1, 0.15) is 259 Å². The van der Waals surface area contributed by atoms with Crippen LogP contribution in [0.3, 0.4) is 0 Å². The number of aliphatic hydroxyl groups is 4. The van der Waals surface area contributed by atoms with Gasteiger partial charge in [-0.3, -0.25) is 57.7 Å². The fraction of sp³-hybridized carbons (Fsp3) is 0.425. The number of carbonyl (C=O) groups is 12. The van der Waals surface area contributed by atoms with E-state index in [2.05, 4.69) is 89.9 Å². The Morgan fingerprint density at radius 2 is 0.600 bits per heavy atom. The summed E-state index contributed by atoms with van der Waals surface area (Å²) in [5, 5.41) is 63.9. The quantitative estimate of drug-likeness (QED) is 0.00460. The van der Waals surface area contributed by atoms with Crippen LogP contribution in [0.4, 0.5) is 0 Å². The van der Waals surface area contributed by atoms with E-state index >= 15 is 0 Å². The molecule has 1 saturated carbocycles. The van der Waals surface area contributed by atoms with Crippen LogP contribution in [0.25, 0.3) is 44.5 Å². The Morgan fingerprint density at radius 1 is 0.364 bits per heavy atom. The van der Waals surface area contributed by atoms with Crippen molar-refractivity contribution in [3.8, 4) is 44.5 Å². The van der Waals surface area contributed by atoms with Crippen LogP contribution in [0.5, 0.6) is 0 Å². The van der Waals surface area contributed by atoms with Crippen LogP contribution in [-0.4, -0.2) is 172 Å². The predicted octanol–water partition coefficient (Wildman–Crippen LogP) is 19.9. The highest BCUT2D eigenvalue weighted by Gasteiger charge is 2.39. The lowest BCUT2D eigenvalue weighted by molar-refractivity contribution is -0.152. The Balaban J connectivity index is 0.000000237. The molecule has 8 aromatic carbocycles. The van der Waals surface area contributed by atoms with Gasteiger partial charge in [-0.2, -0.15) is 0 Å². The van der Waals surface area contributed by atoms with Crippen LogP contribution in [0, 0.1) is 34.0 Å². The Kier molecular flexibility index (Phi) is 45.2. The zero-order chi connectivity index (χ0) is 102. The second-order valence-electron chi connectivity index (χ2n) is 37.9. The number of hydrogen-bond donors (Lipinski definition) is 9. The molecule has 11 N–H and O–H groups in total. The minimum absolute atomic E-state index is 0. The van der Waals surface area contributed by atoms with Gasteiger partial charge in [-0.25, -0.2) is 4.79 Å². The highest BCUT2D eigenvalue weighted by atomic mass is 35.5. The van der Waals surface area contributed by atoms with E-state index in [9.17, 15) is 83.1 Å². The Hall–Kier alpha value is -12.7. The molecule has 750 valence electrons. The number of hydrogen-bond acceptors (Lipinski definition) is 23. The smallest absolute Gasteiger partial charge is 0.331 e. The van der Waals surface area contributed by atoms with Crippen molar-refractivity contribution in [3.05, 3.63) is 261 Å². The zero-order valence-corrected chi connectivity index (χ0v) is 83.1. The minimum atomic E-state index is -1.02. The molecular weight excluding hydrogens is 1800 g/mol. The summed E-state index contributed by atoms with van der Waals surface area (Å²) in [4.78, 5) is 144. The average molecular weight is 1940 g/mol. The van der Waals surface area contributed by atoms with Gasteiger partial charge in [-0.15, -0.1) is 12.4 Å². The van der Waals surface area contributed by atoms with Gasteiger partial charge in [0.25, 0.3) is 0 Å². The summed E-state index contributed by atoms with van der Waals surface area (Å²) in [6.07, 6.45) is 7.79. The summed E-state index contributed by atoms with van der Waals surface area (Å²) >= 11 is 0. The molecule has 0 radical (unpaired) electrons. The molecule has 0 aliphatic heterocycles. The average Bonchev–Trinajstić information content (AvgIpc) is 1.63. The molecule has 0 aromatic heterocycles. The summed E-state index contributed by atoms with van der Waals surface area (Å²) < 4.78 is 21.7. The number of unbranched alkanes of at least 4 members (excludes halogenated alkanes) is 3. The first-order chi connectivity index (χ1) is 66.4. The molecule has 0 spiro atoms. The molecule has 0 unspecified atom stereocenters. The van der Waals surface area contributed by atoms with E-state index < -0.39 is 66.1 Å². The number of ketones is 5. The van der Waals surface area contributed by atoms with E-state index in [1.807, 2.05) is 165 Å². The summed E-state index contributed by atoms with van der Waals surface area (Å²) in [6, 6.07) is 64.9. The SMILES string of the molecule is CC.CC(=NCCCC[C@H](CC(=O)OCC1c2ccccc2-c2ccccc21)C(=O)O)C1=C(O)CC(C)(C)CC1=O.CC(=O)C1=C(O)CC(C)(C)CC1=O.CC1(C)CC(=O)CC(=O)C1.CO.Cl.NCCCC[C@H](CC(=O)OCC1c2ccccc2-c2ccccc21)C(=O)O.NCCCC[C@H](CC(=O)OCC1c2ccccc2-c2ccccc21)C(=O)O.O=C(CO)OCC1c2ccccc2-c2ccccc21. The maximum absolute atomic E-state index is 12.6. The molecule has 27 heteroatoms. The second-order valence-corrected chi connectivity index (χ2v) is 37.9. The molecule has 0 heterocycles. The van der Waals surface area contributed by atoms with Crippen molar-refractivity contribution in [1.82, 2.24) is 0 Å². The molecule has 140 heavy (non-hydrogen) atoms. The van der Waals surface area contributed by atoms with Crippen molar-refractivity contribution in [2.24, 2.45) is 50.5 Å². The van der Waals surface area contributed by atoms with Crippen LogP contribution in [0.2, 0.25) is 0 Å². The van der Waals surface area contributed by atoms with E-state index in [-0.39, 0.29) is 150 Å². The van der Waals surface area contributed by atoms with E-state index in [4.69, 9.17) is 40.6 Å². The monoisotopic (exact) mass is 1940 g/mol.